The van der Waals surface area contributed by atoms with Crippen LogP contribution in [0.5, 0.6) is 0 Å². The van der Waals surface area contributed by atoms with Gasteiger partial charge < -0.3 is 43.9 Å². The first-order chi connectivity index (χ1) is 5.29. The zero-order valence-corrected chi connectivity index (χ0v) is 18.8. The molecule has 7 heteroatoms. The average Bonchev–Trinajstić information content (AvgIpc) is 2.03. The third kappa shape index (κ3) is 16.4. The van der Waals surface area contributed by atoms with Gasteiger partial charge in [-0.05, 0) is 11.6 Å². The van der Waals surface area contributed by atoms with E-state index in [9.17, 15) is 9.90 Å². The molecule has 1 aromatic rings. The summed E-state index contributed by atoms with van der Waals surface area (Å²) in [4.78, 5) is 9.97. The Balaban J connectivity index is -0.0000000807. The first-order valence-corrected chi connectivity index (χ1v) is 3.23. The molecular weight excluding hydrogens is 369 g/mol. The zero-order chi connectivity index (χ0) is 8.10. The minimum atomic E-state index is -1.17. The maximum absolute atomic E-state index is 9.97. The van der Waals surface area contributed by atoms with Crippen LogP contribution in [-0.2, 0) is 4.79 Å². The summed E-state index contributed by atoms with van der Waals surface area (Å²) in [6.45, 7) is 0. The number of carboxylic acid groups (broad SMARTS) is 1. The summed E-state index contributed by atoms with van der Waals surface area (Å²) in [7, 11) is 0. The molecule has 1 aromatic carbocycles. The molecule has 0 saturated heterocycles. The second-order valence-electron chi connectivity index (χ2n) is 2.06. The van der Waals surface area contributed by atoms with Crippen molar-refractivity contribution in [3.63, 3.8) is 0 Å². The van der Waals surface area contributed by atoms with Gasteiger partial charge in [0.15, 0.2) is 0 Å². The maximum Gasteiger partial charge on any atom is 1.00 e. The molecule has 16 heavy (non-hydrogen) atoms. The number of benzene rings is 1. The average molecular weight is 376 g/mol. The van der Waals surface area contributed by atoms with Gasteiger partial charge in [-0.2, -0.15) is 0 Å². The van der Waals surface area contributed by atoms with E-state index in [0.717, 1.165) is 11.6 Å². The van der Waals surface area contributed by atoms with E-state index < -0.39 is 5.97 Å². The van der Waals surface area contributed by atoms with Crippen molar-refractivity contribution in [2.75, 3.05) is 0 Å². The molecule has 0 radical (unpaired) electrons. The third-order valence-corrected chi connectivity index (χ3v) is 1.21. The van der Waals surface area contributed by atoms with E-state index in [-0.39, 0.29) is 123 Å². The topological polar surface area (TPSA) is 40.1 Å². The van der Waals surface area contributed by atoms with Crippen molar-refractivity contribution in [1.29, 1.82) is 0 Å². The molecule has 0 unspecified atom stereocenters. The molecule has 0 heterocycles. The van der Waals surface area contributed by atoms with Gasteiger partial charge in [0.1, 0.15) is 0 Å². The zero-order valence-electron chi connectivity index (χ0n) is 9.61. The molecule has 0 amide bonds. The molecule has 0 N–H and O–H groups in total. The Morgan fingerprint density at radius 3 is 1.81 bits per heavy atom. The van der Waals surface area contributed by atoms with Gasteiger partial charge in [-0.1, -0.05) is 36.4 Å². The van der Waals surface area contributed by atoms with Crippen LogP contribution in [0.3, 0.4) is 0 Å². The summed E-state index contributed by atoms with van der Waals surface area (Å²) in [6, 6.07) is 9.19. The van der Waals surface area contributed by atoms with E-state index in [2.05, 4.69) is 0 Å². The van der Waals surface area contributed by atoms with Crippen LogP contribution in [-0.4, -0.2) is 5.97 Å². The molecule has 0 aliphatic heterocycles. The number of carbonyl (C=O) groups is 1. The quantitative estimate of drug-likeness (QED) is 0.380. The number of rotatable bonds is 2. The van der Waals surface area contributed by atoms with Crippen LogP contribution < -0.4 is 128 Å². The molecule has 0 aromatic heterocycles. The third-order valence-electron chi connectivity index (χ3n) is 1.21. The van der Waals surface area contributed by atoms with Gasteiger partial charge in [0.25, 0.3) is 0 Å². The van der Waals surface area contributed by atoms with Crippen LogP contribution in [0, 0.1) is 0 Å². The molecule has 0 aliphatic carbocycles. The number of carbonyl (C=O) groups excluding carboxylic acids is 1. The minimum Gasteiger partial charge on any atom is -1.00 e. The summed E-state index contributed by atoms with van der Waals surface area (Å²) < 4.78 is 0. The number of hydrogen-bond donors (Lipinski definition) is 0. The van der Waals surface area contributed by atoms with E-state index in [1.165, 1.54) is 6.08 Å². The number of halogens is 2. The van der Waals surface area contributed by atoms with Crippen molar-refractivity contribution in [3.05, 3.63) is 42.0 Å². The Kier molecular flexibility index (Phi) is 38.2. The summed E-state index contributed by atoms with van der Waals surface area (Å²) in [5.41, 5.74) is 0.858. The summed E-state index contributed by atoms with van der Waals surface area (Å²) in [6.07, 6.45) is 2.50. The predicted octanol–water partition coefficient (Wildman–Crippen LogP) is -14.5. The van der Waals surface area contributed by atoms with Crippen molar-refractivity contribution >= 4 is 12.0 Å². The number of carboxylic acids is 1. The summed E-state index contributed by atoms with van der Waals surface area (Å²) in [5, 5.41) is 9.97. The van der Waals surface area contributed by atoms with Crippen LogP contribution in [0.25, 0.3) is 6.08 Å². The number of aliphatic carboxylic acids is 1. The van der Waals surface area contributed by atoms with Gasteiger partial charge >= 0.3 is 88.7 Å². The van der Waals surface area contributed by atoms with Crippen LogP contribution in [0.1, 0.15) is 5.56 Å². The Morgan fingerprint density at radius 1 is 1.00 bits per heavy atom. The van der Waals surface area contributed by atoms with Crippen molar-refractivity contribution in [2.24, 2.45) is 0 Å². The molecule has 72 valence electrons. The smallest absolute Gasteiger partial charge is 1.00 e. The van der Waals surface area contributed by atoms with E-state index in [1.54, 1.807) is 0 Å². The van der Waals surface area contributed by atoms with Gasteiger partial charge in [0.05, 0.1) is 5.97 Å². The predicted molar refractivity (Wildman–Crippen MR) is 40.5 cm³/mol. The fourth-order valence-corrected chi connectivity index (χ4v) is 0.728. The second-order valence-corrected chi connectivity index (χ2v) is 2.06. The first kappa shape index (κ1) is 31.0. The normalized spacial score (nSPS) is 7.00. The van der Waals surface area contributed by atoms with Gasteiger partial charge in [-0.25, -0.2) is 0 Å². The van der Waals surface area contributed by atoms with Crippen molar-refractivity contribution in [3.8, 4) is 0 Å². The van der Waals surface area contributed by atoms with Gasteiger partial charge in [-0.15, -0.1) is 0 Å². The molecule has 0 bridgehead atoms. The van der Waals surface area contributed by atoms with Crippen LogP contribution in [0.2, 0.25) is 0 Å². The van der Waals surface area contributed by atoms with Crippen molar-refractivity contribution in [1.82, 2.24) is 0 Å². The number of hydrogen-bond acceptors (Lipinski definition) is 2. The summed E-state index contributed by atoms with van der Waals surface area (Å²) in [5.74, 6) is -1.17. The van der Waals surface area contributed by atoms with E-state index in [1.807, 2.05) is 30.3 Å². The van der Waals surface area contributed by atoms with Gasteiger partial charge in [0.2, 0.25) is 0 Å². The monoisotopic (exact) mass is 374 g/mol. The Morgan fingerprint density at radius 2 is 1.44 bits per heavy atom. The minimum absolute atomic E-state index is 0. The largest absolute Gasteiger partial charge is 1.00 e. The molecular formula is C9H7Br2Na3O2. The molecule has 1 rings (SSSR count). The Bertz CT molecular complexity index is 281. The molecule has 2 nitrogen and oxygen atoms in total. The fraction of sp³-hybridized carbons (Fsp3) is 0. The second kappa shape index (κ2) is 19.7. The molecule has 0 spiro atoms. The summed E-state index contributed by atoms with van der Waals surface area (Å²) >= 11 is 0. The van der Waals surface area contributed by atoms with Crippen molar-refractivity contribution in [2.45, 2.75) is 0 Å². The van der Waals surface area contributed by atoms with E-state index >= 15 is 0 Å². The van der Waals surface area contributed by atoms with E-state index in [0.29, 0.717) is 0 Å². The SMILES string of the molecule is O=C([O-])C=Cc1ccccc1.[Br-].[Br-].[Na+].[Na+].[Na+]. The van der Waals surface area contributed by atoms with Crippen LogP contribution in [0.4, 0.5) is 0 Å². The van der Waals surface area contributed by atoms with Crippen molar-refractivity contribution < 1.29 is 133 Å². The first-order valence-electron chi connectivity index (χ1n) is 3.23. The molecule has 0 saturated carbocycles. The van der Waals surface area contributed by atoms with E-state index in [4.69, 9.17) is 0 Å². The fourth-order valence-electron chi connectivity index (χ4n) is 0.728. The maximum atomic E-state index is 9.97. The Hall–Kier alpha value is 2.39. The molecule has 0 fully saturated rings. The molecule has 0 aliphatic rings. The van der Waals surface area contributed by atoms with Gasteiger partial charge in [0, 0.05) is 0 Å². The molecule has 0 atom stereocenters. The Labute approximate surface area is 183 Å². The van der Waals surface area contributed by atoms with Gasteiger partial charge in [-0.3, -0.25) is 0 Å². The van der Waals surface area contributed by atoms with Crippen LogP contribution >= 0.6 is 0 Å². The van der Waals surface area contributed by atoms with Crippen LogP contribution in [0.15, 0.2) is 36.4 Å². The standard InChI is InChI=1S/C9H8O2.2BrH.3Na/c10-9(11)7-6-8-4-2-1-3-5-8;;;;;/h1-7H,(H,10,11);2*1H;;;/q;;;3*+1/p-3.